The Hall–Kier alpha value is -11.1. The zero-order chi connectivity index (χ0) is 72.4. The largest absolute Gasteiger partial charge is 0.278 e. The van der Waals surface area contributed by atoms with Gasteiger partial charge in [-0.25, -0.2) is 0 Å². The Balaban J connectivity index is 1.16. The lowest BCUT2D eigenvalue weighted by atomic mass is 10.1. The molecule has 414 valence electrons. The predicted octanol–water partition coefficient (Wildman–Crippen LogP) is 13.8. The molecule has 3 aromatic heterocycles. The van der Waals surface area contributed by atoms with Gasteiger partial charge in [0.05, 0.1) is 44.0 Å². The van der Waals surface area contributed by atoms with E-state index in [1.54, 1.807) is 0 Å². The van der Waals surface area contributed by atoms with E-state index in [0.717, 1.165) is 72.9 Å². The summed E-state index contributed by atoms with van der Waals surface area (Å²) in [6.07, 6.45) is 0. The van der Waals surface area contributed by atoms with Crippen molar-refractivity contribution >= 4 is 101 Å². The molecule has 0 unspecified atom stereocenters. The number of para-hydroxylation sites is 4. The minimum Gasteiger partial charge on any atom is -0.278 e. The Morgan fingerprint density at radius 2 is 0.511 bits per heavy atom. The molecule has 0 aliphatic carbocycles. The molecule has 0 aliphatic rings. The van der Waals surface area contributed by atoms with Crippen molar-refractivity contribution in [1.29, 1.82) is 0 Å². The minimum absolute atomic E-state index is 0.175. The van der Waals surface area contributed by atoms with Gasteiger partial charge in [0.25, 0.3) is 0 Å². The summed E-state index contributed by atoms with van der Waals surface area (Å²) in [6, 6.07) is 74.5. The number of fused-ring (bicyclic) bond motifs is 6. The molecule has 3 heterocycles. The number of hydrogen-bond acceptors (Lipinski definition) is 3. The summed E-state index contributed by atoms with van der Waals surface area (Å²) in [5, 5.41) is 6.38. The van der Waals surface area contributed by atoms with Gasteiger partial charge in [-0.3, -0.25) is 9.13 Å². The van der Waals surface area contributed by atoms with E-state index in [4.69, 9.17) is 20.4 Å². The fraction of sp³-hybridized carbons (Fsp3) is 0. The summed E-state index contributed by atoms with van der Waals surface area (Å²) in [4.78, 5) is 16.0. The molecule has 16 aromatic rings. The Morgan fingerprint density at radius 1 is 0.239 bits per heavy atom. The van der Waals surface area contributed by atoms with Gasteiger partial charge >= 0.3 is 0 Å². The van der Waals surface area contributed by atoms with Crippen molar-refractivity contribution in [2.45, 2.75) is 0 Å². The number of aromatic nitrogens is 5. The molecule has 13 aromatic carbocycles. The fourth-order valence-electron chi connectivity index (χ4n) is 13.0. The van der Waals surface area contributed by atoms with Crippen LogP contribution in [0.2, 0.25) is 0 Å². The molecule has 88 heavy (non-hydrogen) atoms. The molecule has 0 radical (unpaired) electrons. The van der Waals surface area contributed by atoms with Crippen molar-refractivity contribution in [2.75, 3.05) is 0 Å². The minimum atomic E-state index is -3.88. The Bertz CT molecular complexity index is 5590. The Morgan fingerprint density at radius 3 is 0.841 bits per heavy atom. The predicted molar refractivity (Wildman–Crippen MR) is 372 cm³/mol. The molecule has 0 saturated carbocycles. The second kappa shape index (κ2) is 22.1. The van der Waals surface area contributed by atoms with Gasteiger partial charge in [-0.15, -0.1) is 0 Å². The average molecular weight is 1170 g/mol. The summed E-state index contributed by atoms with van der Waals surface area (Å²) in [7, 11) is -7.76. The second-order valence-electron chi connectivity index (χ2n) is 21.5. The molecular weight excluding hydrogens is 1100 g/mol. The molecule has 0 amide bonds. The summed E-state index contributed by atoms with van der Waals surface area (Å²) in [5.41, 5.74) is 2.78. The molecule has 0 N–H and O–H groups in total. The maximum atomic E-state index is 9.77. The van der Waals surface area contributed by atoms with Crippen LogP contribution in [0.1, 0.15) is 21.9 Å². The molecule has 7 heteroatoms. The summed E-state index contributed by atoms with van der Waals surface area (Å²) >= 11 is 0. The highest BCUT2D eigenvalue weighted by Gasteiger charge is 2.46. The first kappa shape index (κ1) is 38.1. The van der Waals surface area contributed by atoms with Crippen LogP contribution in [0.25, 0.3) is 89.2 Å². The van der Waals surface area contributed by atoms with Gasteiger partial charge in [0, 0.05) is 27.1 Å². The standard InChI is InChI=1S/C81H57N5Si2/c1-7-29-58(30-8-1)60-33-27-43-67(53-60)87(63-35-11-3-12-36-63,64-37-13-4-14-38-64)69-55-62(56-70(57-69)88(65-39-15-5-16-40-65,66-41-17-6-18-42-66)68-44-28-34-61(54-68)59-31-9-2-10-32-59)79-82-80(85-75-49-23-19-45-71(75)72-46-20-24-50-76(72)85)84-81(83-79)86-77-51-25-21-47-73(77)74-48-22-26-52-78(74)86/h1-57H/i19D,20D,21D,22D,23D,24D,25D,26D,45D,46D,47D,48D,49D,50D,51D,52D. The van der Waals surface area contributed by atoms with E-state index in [9.17, 15) is 16.4 Å². The van der Waals surface area contributed by atoms with Crippen LogP contribution in [0.4, 0.5) is 0 Å². The lowest BCUT2D eigenvalue weighted by Crippen LogP contribution is -2.78. The molecular formula is C81H57N5Si2. The summed E-state index contributed by atoms with van der Waals surface area (Å²) in [6.45, 7) is 0. The first-order chi connectivity index (χ1) is 50.3. The number of benzene rings is 13. The van der Waals surface area contributed by atoms with Crippen LogP contribution in [0.3, 0.4) is 0 Å². The molecule has 0 bridgehead atoms. The molecule has 0 atom stereocenters. The van der Waals surface area contributed by atoms with Crippen molar-refractivity contribution in [3.8, 4) is 45.5 Å². The van der Waals surface area contributed by atoms with E-state index >= 15 is 0 Å². The highest BCUT2D eigenvalue weighted by Crippen LogP contribution is 2.35. The maximum absolute atomic E-state index is 9.77. The quantitative estimate of drug-likeness (QED) is 0.0854. The number of hydrogen-bond donors (Lipinski definition) is 0. The average Bonchev–Trinajstić information content (AvgIpc) is 1.44. The van der Waals surface area contributed by atoms with Crippen molar-refractivity contribution in [3.63, 3.8) is 0 Å². The van der Waals surface area contributed by atoms with Crippen LogP contribution < -0.4 is 41.5 Å². The highest BCUT2D eigenvalue weighted by molar-refractivity contribution is 7.22. The molecule has 0 aliphatic heterocycles. The van der Waals surface area contributed by atoms with Crippen LogP contribution in [0.5, 0.6) is 0 Å². The van der Waals surface area contributed by atoms with Gasteiger partial charge in [-0.05, 0) is 87.9 Å². The van der Waals surface area contributed by atoms with Crippen LogP contribution in [-0.2, 0) is 0 Å². The zero-order valence-corrected chi connectivity index (χ0v) is 48.9. The SMILES string of the molecule is [2H]c1c([2H])c([2H])c2c(c1[2H])c1c([2H])c([2H])c([2H])c([2H])c1n2-c1nc(-c2cc([Si](c3ccccc3)(c3ccccc3)c3cccc(-c4ccccc4)c3)cc([Si](c3ccccc3)(c3ccccc3)c3cccc(-c4ccccc4)c3)c2)nc(-n2c3c([2H])c([2H])c([2H])c([2H])c3c3c([2H])c([2H])c([2H])c([2H])c32)n1. The second-order valence-corrected chi connectivity index (χ2v) is 29.1. The van der Waals surface area contributed by atoms with E-state index in [2.05, 4.69) is 127 Å². The van der Waals surface area contributed by atoms with E-state index < -0.39 is 125 Å². The summed E-state index contributed by atoms with van der Waals surface area (Å²) < 4.78 is 152. The number of rotatable bonds is 13. The zero-order valence-electron chi connectivity index (χ0n) is 62.9. The third-order valence-electron chi connectivity index (χ3n) is 16.8. The summed E-state index contributed by atoms with van der Waals surface area (Å²) in [5.74, 6) is -1.18. The van der Waals surface area contributed by atoms with Crippen molar-refractivity contribution < 1.29 is 21.9 Å². The molecule has 0 fully saturated rings. The first-order valence-corrected chi connectivity index (χ1v) is 32.8. The number of nitrogens with zero attached hydrogens (tertiary/aromatic N) is 5. The van der Waals surface area contributed by atoms with Crippen LogP contribution in [0, 0.1) is 0 Å². The highest BCUT2D eigenvalue weighted by atomic mass is 28.3. The Kier molecular flexibility index (Phi) is 9.54. The third kappa shape index (κ3) is 8.70. The van der Waals surface area contributed by atoms with E-state index in [1.807, 2.05) is 121 Å². The van der Waals surface area contributed by atoms with Gasteiger partial charge in [-0.1, -0.05) is 321 Å². The van der Waals surface area contributed by atoms with Gasteiger partial charge in [0.2, 0.25) is 11.9 Å². The van der Waals surface area contributed by atoms with Crippen LogP contribution in [0.15, 0.2) is 345 Å². The van der Waals surface area contributed by atoms with E-state index in [0.29, 0.717) is 5.56 Å². The van der Waals surface area contributed by atoms with Gasteiger partial charge in [0.1, 0.15) is 0 Å². The third-order valence-corrected chi connectivity index (χ3v) is 26.2. The smallest absolute Gasteiger partial charge is 0.240 e. The van der Waals surface area contributed by atoms with Gasteiger partial charge in [0.15, 0.2) is 22.0 Å². The van der Waals surface area contributed by atoms with Crippen LogP contribution in [-0.4, -0.2) is 40.2 Å². The molecule has 16 rings (SSSR count). The maximum Gasteiger partial charge on any atom is 0.240 e. The molecule has 0 spiro atoms. The normalized spacial score (nSPS) is 14.4. The first-order valence-electron chi connectivity index (χ1n) is 36.8. The van der Waals surface area contributed by atoms with E-state index in [-0.39, 0.29) is 49.4 Å². The topological polar surface area (TPSA) is 48.5 Å². The molecule has 0 saturated heterocycles. The van der Waals surface area contributed by atoms with E-state index in [1.165, 1.54) is 0 Å². The van der Waals surface area contributed by atoms with Gasteiger partial charge < -0.3 is 0 Å². The molecule has 5 nitrogen and oxygen atoms in total. The monoisotopic (exact) mass is 1170 g/mol. The van der Waals surface area contributed by atoms with Gasteiger partial charge in [-0.2, -0.15) is 15.0 Å². The Labute approximate surface area is 536 Å². The van der Waals surface area contributed by atoms with Crippen molar-refractivity contribution in [1.82, 2.24) is 24.1 Å². The van der Waals surface area contributed by atoms with Crippen LogP contribution >= 0.6 is 0 Å². The van der Waals surface area contributed by atoms with Crippen molar-refractivity contribution in [2.24, 2.45) is 0 Å². The lowest BCUT2D eigenvalue weighted by molar-refractivity contribution is 0.893. The fourth-order valence-corrected chi connectivity index (χ4v) is 22.8. The lowest BCUT2D eigenvalue weighted by Gasteiger charge is -2.38. The van der Waals surface area contributed by atoms with Crippen molar-refractivity contribution in [3.05, 3.63) is 345 Å².